The van der Waals surface area contributed by atoms with Crippen LogP contribution < -0.4 is 10.6 Å². The quantitative estimate of drug-likeness (QED) is 0.580. The molecule has 2 aliphatic rings. The molecule has 1 spiro atoms. The summed E-state index contributed by atoms with van der Waals surface area (Å²) in [5.41, 5.74) is 0.799. The van der Waals surface area contributed by atoms with Crippen LogP contribution in [-0.2, 0) is 16.0 Å². The average molecular weight is 295 g/mol. The molecule has 2 atom stereocenters. The van der Waals surface area contributed by atoms with Gasteiger partial charge in [0.2, 0.25) is 6.41 Å². The molecule has 0 bridgehead atoms. The van der Waals surface area contributed by atoms with Crippen LogP contribution in [0.25, 0.3) is 0 Å². The van der Waals surface area contributed by atoms with Gasteiger partial charge >= 0.3 is 0 Å². The van der Waals surface area contributed by atoms with Crippen LogP contribution >= 0.6 is 0 Å². The summed E-state index contributed by atoms with van der Waals surface area (Å²) in [4.78, 5) is 10.4. The Kier molecular flexibility index (Phi) is 3.18. The minimum atomic E-state index is -1.16. The molecule has 1 aliphatic heterocycles. The highest BCUT2D eigenvalue weighted by atomic mass is 32.2. The molecule has 20 heavy (non-hydrogen) atoms. The Balaban J connectivity index is 1.87. The lowest BCUT2D eigenvalue weighted by molar-refractivity contribution is -0.105. The highest BCUT2D eigenvalue weighted by Gasteiger charge is 2.61. The van der Waals surface area contributed by atoms with E-state index in [4.69, 9.17) is 5.41 Å². The number of carbonyl (C=O) groups excluding carboxylic acids is 1. The van der Waals surface area contributed by atoms with Gasteiger partial charge < -0.3 is 15.2 Å². The summed E-state index contributed by atoms with van der Waals surface area (Å²) in [6.45, 7) is 0. The number of benzene rings is 1. The van der Waals surface area contributed by atoms with Crippen LogP contribution in [0.5, 0.6) is 0 Å². The summed E-state index contributed by atoms with van der Waals surface area (Å²) in [6.07, 6.45) is 2.03. The number of hydrogen-bond donors (Lipinski definition) is 3. The van der Waals surface area contributed by atoms with Gasteiger partial charge in [0.05, 0.1) is 0 Å². The van der Waals surface area contributed by atoms with Gasteiger partial charge in [-0.25, -0.2) is 4.39 Å². The number of halogens is 1. The molecule has 7 heteroatoms. The van der Waals surface area contributed by atoms with Crippen molar-refractivity contribution in [1.82, 2.24) is 5.32 Å². The van der Waals surface area contributed by atoms with Crippen LogP contribution in [0.1, 0.15) is 24.4 Å². The molecule has 3 N–H and O–H groups in total. The van der Waals surface area contributed by atoms with Crippen molar-refractivity contribution in [2.24, 2.45) is 0 Å². The van der Waals surface area contributed by atoms with Crippen molar-refractivity contribution >= 4 is 29.1 Å². The summed E-state index contributed by atoms with van der Waals surface area (Å²) >= 11 is -1.16. The normalized spacial score (nSPS) is 27.0. The number of nitrogens with one attached hydrogen (secondary N) is 3. The van der Waals surface area contributed by atoms with Gasteiger partial charge in [-0.05, 0) is 29.4 Å². The Hall–Kier alpha value is -1.60. The second-order valence-corrected chi connectivity index (χ2v) is 6.88. The fourth-order valence-electron chi connectivity index (χ4n) is 2.50. The summed E-state index contributed by atoms with van der Waals surface area (Å²) in [5, 5.41) is 13.4. The molecule has 3 rings (SSSR count). The van der Waals surface area contributed by atoms with Gasteiger partial charge in [0.15, 0.2) is 10.6 Å². The van der Waals surface area contributed by atoms with Gasteiger partial charge in [-0.3, -0.25) is 10.2 Å². The van der Waals surface area contributed by atoms with Crippen molar-refractivity contribution in [3.63, 3.8) is 0 Å². The Morgan fingerprint density at radius 1 is 1.55 bits per heavy atom. The zero-order valence-corrected chi connectivity index (χ0v) is 11.4. The molecule has 106 valence electrons. The summed E-state index contributed by atoms with van der Waals surface area (Å²) < 4.78 is 25.7. The largest absolute Gasteiger partial charge is 0.616 e. The van der Waals surface area contributed by atoms with Gasteiger partial charge in [-0.1, -0.05) is 0 Å². The lowest BCUT2D eigenvalue weighted by atomic mass is 10.1. The Morgan fingerprint density at radius 2 is 2.30 bits per heavy atom. The minimum absolute atomic E-state index is 0.236. The third kappa shape index (κ3) is 2.06. The van der Waals surface area contributed by atoms with Crippen molar-refractivity contribution in [2.75, 3.05) is 11.1 Å². The molecule has 2 unspecified atom stereocenters. The zero-order chi connectivity index (χ0) is 14.3. The fraction of sp³-hybridized carbons (Fsp3) is 0.385. The van der Waals surface area contributed by atoms with Crippen LogP contribution in [0.4, 0.5) is 10.1 Å². The van der Waals surface area contributed by atoms with Crippen LogP contribution in [0.2, 0.25) is 0 Å². The summed E-state index contributed by atoms with van der Waals surface area (Å²) in [5.74, 6) is 0.0832. The van der Waals surface area contributed by atoms with Crippen molar-refractivity contribution in [1.29, 1.82) is 5.41 Å². The third-order valence-electron chi connectivity index (χ3n) is 3.83. The highest BCUT2D eigenvalue weighted by molar-refractivity contribution is 7.94. The first-order valence-corrected chi connectivity index (χ1v) is 7.62. The Morgan fingerprint density at radius 3 is 2.90 bits per heavy atom. The van der Waals surface area contributed by atoms with E-state index in [0.717, 1.165) is 12.8 Å². The van der Waals surface area contributed by atoms with Crippen molar-refractivity contribution in [3.05, 3.63) is 29.6 Å². The molecule has 1 aliphatic carbocycles. The molecule has 5 nitrogen and oxygen atoms in total. The fourth-order valence-corrected chi connectivity index (χ4v) is 4.23. The maximum absolute atomic E-state index is 13.9. The number of anilines is 1. The smallest absolute Gasteiger partial charge is 0.211 e. The molecule has 1 saturated carbocycles. The van der Waals surface area contributed by atoms with Crippen LogP contribution in [0.15, 0.2) is 18.2 Å². The predicted octanol–water partition coefficient (Wildman–Crippen LogP) is 1.30. The van der Waals surface area contributed by atoms with E-state index in [9.17, 15) is 13.7 Å². The van der Waals surface area contributed by atoms with E-state index in [-0.39, 0.29) is 11.6 Å². The second-order valence-electron chi connectivity index (χ2n) is 5.08. The summed E-state index contributed by atoms with van der Waals surface area (Å²) in [6, 6.07) is 3.73. The first-order valence-electron chi connectivity index (χ1n) is 6.30. The van der Waals surface area contributed by atoms with Crippen LogP contribution in [-0.4, -0.2) is 27.3 Å². The molecule has 0 aromatic heterocycles. The maximum atomic E-state index is 13.9. The van der Waals surface area contributed by atoms with Gasteiger partial charge in [0.1, 0.15) is 17.6 Å². The molecule has 1 amide bonds. The molecular weight excluding hydrogens is 281 g/mol. The lowest BCUT2D eigenvalue weighted by Crippen LogP contribution is -2.52. The topological polar surface area (TPSA) is 88.0 Å². The number of rotatable bonds is 3. The average Bonchev–Trinajstić information content (AvgIpc) is 3.20. The first-order chi connectivity index (χ1) is 9.56. The number of amides is 1. The molecular formula is C13H14FN3O2S. The number of carbonyl (C=O) groups is 1. The van der Waals surface area contributed by atoms with E-state index in [1.54, 1.807) is 0 Å². The van der Waals surface area contributed by atoms with E-state index >= 15 is 0 Å². The molecule has 1 saturated heterocycles. The van der Waals surface area contributed by atoms with Crippen molar-refractivity contribution < 1.29 is 13.7 Å². The second kappa shape index (κ2) is 4.75. The number of amidine groups is 1. The van der Waals surface area contributed by atoms with Crippen LogP contribution in [0.3, 0.4) is 0 Å². The summed E-state index contributed by atoms with van der Waals surface area (Å²) in [7, 11) is 0. The molecule has 2 fully saturated rings. The van der Waals surface area contributed by atoms with Gasteiger partial charge in [0, 0.05) is 24.1 Å². The van der Waals surface area contributed by atoms with Gasteiger partial charge in [-0.15, -0.1) is 0 Å². The van der Waals surface area contributed by atoms with E-state index < -0.39 is 27.8 Å². The van der Waals surface area contributed by atoms with E-state index in [1.807, 2.05) is 0 Å². The van der Waals surface area contributed by atoms with E-state index in [2.05, 4.69) is 10.6 Å². The molecule has 0 radical (unpaired) electrons. The predicted molar refractivity (Wildman–Crippen MR) is 74.7 cm³/mol. The number of hydrogen-bond acceptors (Lipinski definition) is 3. The first kappa shape index (κ1) is 13.4. The molecule has 1 aromatic rings. The van der Waals surface area contributed by atoms with E-state index in [0.29, 0.717) is 17.7 Å². The van der Waals surface area contributed by atoms with Crippen LogP contribution in [0, 0.1) is 11.2 Å². The Labute approximate surface area is 118 Å². The molecule has 1 aromatic carbocycles. The molecule has 1 heterocycles. The standard InChI is InChI=1S/C13H14FN3O2S/c14-10-2-1-8(16-7-18)5-9(10)11-6-20(19)13(3-4-13)12(15)17-11/h1-2,5,7,11H,3-4,6H2,(H2,15,17)(H,16,18). The van der Waals surface area contributed by atoms with Crippen molar-refractivity contribution in [2.45, 2.75) is 23.6 Å². The third-order valence-corrected chi connectivity index (χ3v) is 5.95. The minimum Gasteiger partial charge on any atom is -0.616 e. The van der Waals surface area contributed by atoms with Crippen molar-refractivity contribution in [3.8, 4) is 0 Å². The van der Waals surface area contributed by atoms with Gasteiger partial charge in [-0.2, -0.15) is 0 Å². The SMILES string of the molecule is N=C1NC(c2cc(NC=O)ccc2F)C[S+]([O-])C12CC2. The lowest BCUT2D eigenvalue weighted by Gasteiger charge is -2.34. The monoisotopic (exact) mass is 295 g/mol. The zero-order valence-electron chi connectivity index (χ0n) is 10.6. The maximum Gasteiger partial charge on any atom is 0.211 e. The highest BCUT2D eigenvalue weighted by Crippen LogP contribution is 2.48. The van der Waals surface area contributed by atoms with Gasteiger partial charge in [0.25, 0.3) is 0 Å². The Bertz CT molecular complexity index is 577. The van der Waals surface area contributed by atoms with E-state index in [1.165, 1.54) is 18.2 Å².